The highest BCUT2D eigenvalue weighted by Crippen LogP contribution is 2.18. The van der Waals surface area contributed by atoms with Crippen LogP contribution in [0.3, 0.4) is 0 Å². The molecule has 3 amide bonds. The fourth-order valence-corrected chi connectivity index (χ4v) is 3.12. The first-order valence-corrected chi connectivity index (χ1v) is 9.25. The Kier molecular flexibility index (Phi) is 10.1. The summed E-state index contributed by atoms with van der Waals surface area (Å²) < 4.78 is 0. The van der Waals surface area contributed by atoms with Crippen molar-refractivity contribution in [1.82, 2.24) is 10.2 Å². The van der Waals surface area contributed by atoms with Gasteiger partial charge in [-0.3, -0.25) is 4.79 Å². The number of likely N-dealkylation sites (tertiary alicyclic amines) is 1. The number of hydrogen-bond donors (Lipinski definition) is 3. The highest BCUT2D eigenvalue weighted by Gasteiger charge is 2.29. The molecule has 4 N–H and O–H groups in total. The minimum Gasteiger partial charge on any atom is -0.352 e. The summed E-state index contributed by atoms with van der Waals surface area (Å²) in [5, 5.41) is 5.94. The van der Waals surface area contributed by atoms with Crippen LogP contribution in [0, 0.1) is 5.92 Å². The average molecular weight is 383 g/mol. The molecule has 0 spiro atoms. The lowest BCUT2D eigenvalue weighted by Crippen LogP contribution is -2.49. The lowest BCUT2D eigenvalue weighted by Gasteiger charge is -2.33. The van der Waals surface area contributed by atoms with Crippen molar-refractivity contribution in [2.75, 3.05) is 25.0 Å². The first-order valence-electron chi connectivity index (χ1n) is 9.25. The second-order valence-electron chi connectivity index (χ2n) is 6.66. The van der Waals surface area contributed by atoms with Crippen molar-refractivity contribution in [3.05, 3.63) is 30.3 Å². The molecule has 0 radical (unpaired) electrons. The van der Waals surface area contributed by atoms with Gasteiger partial charge >= 0.3 is 6.03 Å². The van der Waals surface area contributed by atoms with Gasteiger partial charge in [-0.05, 0) is 31.4 Å². The smallest absolute Gasteiger partial charge is 0.321 e. The number of nitrogens with zero attached hydrogens (tertiary/aromatic N) is 1. The molecule has 0 aliphatic carbocycles. The number of amides is 3. The van der Waals surface area contributed by atoms with E-state index in [1.54, 1.807) is 4.90 Å². The number of carbonyl (C=O) groups excluding carboxylic acids is 2. The van der Waals surface area contributed by atoms with Crippen LogP contribution in [0.5, 0.6) is 0 Å². The molecule has 0 bridgehead atoms. The van der Waals surface area contributed by atoms with Crippen LogP contribution in [0.15, 0.2) is 30.3 Å². The highest BCUT2D eigenvalue weighted by atomic mass is 35.5. The van der Waals surface area contributed by atoms with Crippen molar-refractivity contribution < 1.29 is 9.59 Å². The Balaban J connectivity index is 0.00000338. The van der Waals surface area contributed by atoms with E-state index in [1.165, 1.54) is 0 Å². The molecule has 1 aromatic rings. The summed E-state index contributed by atoms with van der Waals surface area (Å²) in [7, 11) is 0. The van der Waals surface area contributed by atoms with Crippen LogP contribution in [0.2, 0.25) is 0 Å². The predicted octanol–water partition coefficient (Wildman–Crippen LogP) is 2.99. The predicted molar refractivity (Wildman–Crippen MR) is 108 cm³/mol. The van der Waals surface area contributed by atoms with Gasteiger partial charge in [0.15, 0.2) is 0 Å². The lowest BCUT2D eigenvalue weighted by atomic mass is 9.96. The Hall–Kier alpha value is -1.79. The van der Waals surface area contributed by atoms with Crippen LogP contribution in [-0.2, 0) is 4.79 Å². The molecule has 2 rings (SSSR count). The van der Waals surface area contributed by atoms with Crippen molar-refractivity contribution in [3.8, 4) is 0 Å². The summed E-state index contributed by atoms with van der Waals surface area (Å²) in [6.45, 7) is 3.71. The van der Waals surface area contributed by atoms with Crippen molar-refractivity contribution in [2.45, 2.75) is 45.1 Å². The van der Waals surface area contributed by atoms with E-state index in [4.69, 9.17) is 5.73 Å². The van der Waals surface area contributed by atoms with E-state index in [2.05, 4.69) is 17.6 Å². The number of unbranched alkanes of at least 4 members (excludes halogenated alkanes) is 1. The molecule has 6 nitrogen and oxygen atoms in total. The zero-order chi connectivity index (χ0) is 18.1. The van der Waals surface area contributed by atoms with Gasteiger partial charge in [0.2, 0.25) is 5.91 Å². The van der Waals surface area contributed by atoms with Crippen LogP contribution < -0.4 is 16.4 Å². The molecule has 1 aliphatic rings. The Morgan fingerprint density at radius 2 is 2.04 bits per heavy atom. The number of rotatable bonds is 7. The molecule has 26 heavy (non-hydrogen) atoms. The van der Waals surface area contributed by atoms with E-state index in [-0.39, 0.29) is 36.3 Å². The van der Waals surface area contributed by atoms with Gasteiger partial charge < -0.3 is 21.3 Å². The summed E-state index contributed by atoms with van der Waals surface area (Å²) >= 11 is 0. The van der Waals surface area contributed by atoms with Crippen LogP contribution in [0.4, 0.5) is 10.5 Å². The molecule has 2 atom stereocenters. The molecule has 1 fully saturated rings. The van der Waals surface area contributed by atoms with E-state index in [1.807, 2.05) is 30.3 Å². The van der Waals surface area contributed by atoms with Crippen LogP contribution in [0.25, 0.3) is 0 Å². The molecule has 146 valence electrons. The first kappa shape index (κ1) is 22.3. The average Bonchev–Trinajstić information content (AvgIpc) is 2.65. The Morgan fingerprint density at radius 1 is 1.31 bits per heavy atom. The van der Waals surface area contributed by atoms with Crippen molar-refractivity contribution >= 4 is 30.0 Å². The normalized spacial score (nSPS) is 17.8. The summed E-state index contributed by atoms with van der Waals surface area (Å²) in [4.78, 5) is 26.7. The SMILES string of the molecule is CCCCC(CN)NC(=O)C1CCCN(C(=O)Nc2ccccc2)C1.Cl. The number of piperidine rings is 1. The van der Waals surface area contributed by atoms with Crippen molar-refractivity contribution in [3.63, 3.8) is 0 Å². The molecule has 7 heteroatoms. The highest BCUT2D eigenvalue weighted by molar-refractivity contribution is 5.90. The lowest BCUT2D eigenvalue weighted by molar-refractivity contribution is -0.127. The maximum atomic E-state index is 12.5. The second-order valence-corrected chi connectivity index (χ2v) is 6.66. The van der Waals surface area contributed by atoms with Crippen LogP contribution >= 0.6 is 12.4 Å². The fraction of sp³-hybridized carbons (Fsp3) is 0.579. The summed E-state index contributed by atoms with van der Waals surface area (Å²) in [5.74, 6) is -0.144. The molecule has 1 aromatic carbocycles. The summed E-state index contributed by atoms with van der Waals surface area (Å²) in [5.41, 5.74) is 6.53. The number of hydrogen-bond acceptors (Lipinski definition) is 3. The van der Waals surface area contributed by atoms with Gasteiger partial charge in [0.25, 0.3) is 0 Å². The standard InChI is InChI=1S/C19H30N4O2.ClH/c1-2-3-9-17(13-20)21-18(24)15-8-7-12-23(14-15)19(25)22-16-10-5-4-6-11-16;/h4-6,10-11,15,17H,2-3,7-9,12-14,20H2,1H3,(H,21,24)(H,22,25);1H. The Labute approximate surface area is 162 Å². The Bertz CT molecular complexity index is 556. The van der Waals surface area contributed by atoms with Gasteiger partial charge in [-0.25, -0.2) is 4.79 Å². The number of nitrogens with two attached hydrogens (primary N) is 1. The maximum Gasteiger partial charge on any atom is 0.321 e. The van der Waals surface area contributed by atoms with Crippen LogP contribution in [-0.4, -0.2) is 42.5 Å². The molecule has 0 aromatic heterocycles. The third-order valence-electron chi connectivity index (χ3n) is 4.64. The largest absolute Gasteiger partial charge is 0.352 e. The number of halogens is 1. The van der Waals surface area contributed by atoms with Gasteiger partial charge in [-0.1, -0.05) is 38.0 Å². The van der Waals surface area contributed by atoms with Gasteiger partial charge in [0.05, 0.1) is 5.92 Å². The quantitative estimate of drug-likeness (QED) is 0.677. The minimum absolute atomic E-state index is 0. The van der Waals surface area contributed by atoms with Gasteiger partial charge in [0.1, 0.15) is 0 Å². The van der Waals surface area contributed by atoms with E-state index >= 15 is 0 Å². The zero-order valence-electron chi connectivity index (χ0n) is 15.4. The third kappa shape index (κ3) is 6.84. The van der Waals surface area contributed by atoms with E-state index in [0.29, 0.717) is 19.6 Å². The molecule has 1 heterocycles. The molecular weight excluding hydrogens is 352 g/mol. The van der Waals surface area contributed by atoms with E-state index < -0.39 is 0 Å². The number of nitrogens with one attached hydrogen (secondary N) is 2. The number of para-hydroxylation sites is 1. The van der Waals surface area contributed by atoms with Crippen molar-refractivity contribution in [1.29, 1.82) is 0 Å². The van der Waals surface area contributed by atoms with Crippen LogP contribution in [0.1, 0.15) is 39.0 Å². The van der Waals surface area contributed by atoms with E-state index in [0.717, 1.165) is 37.8 Å². The third-order valence-corrected chi connectivity index (χ3v) is 4.64. The van der Waals surface area contributed by atoms with E-state index in [9.17, 15) is 9.59 Å². The summed E-state index contributed by atoms with van der Waals surface area (Å²) in [6, 6.07) is 9.25. The molecule has 1 saturated heterocycles. The first-order chi connectivity index (χ1) is 12.1. The number of urea groups is 1. The number of benzene rings is 1. The fourth-order valence-electron chi connectivity index (χ4n) is 3.12. The van der Waals surface area contributed by atoms with Gasteiger partial charge in [-0.15, -0.1) is 12.4 Å². The second kappa shape index (κ2) is 11.8. The molecule has 1 aliphatic heterocycles. The monoisotopic (exact) mass is 382 g/mol. The molecule has 2 unspecified atom stereocenters. The summed E-state index contributed by atoms with van der Waals surface area (Å²) in [6.07, 6.45) is 4.69. The maximum absolute atomic E-state index is 12.5. The number of carbonyl (C=O) groups is 2. The minimum atomic E-state index is -0.161. The zero-order valence-corrected chi connectivity index (χ0v) is 16.3. The Morgan fingerprint density at radius 3 is 2.69 bits per heavy atom. The molecule has 0 saturated carbocycles. The van der Waals surface area contributed by atoms with Crippen molar-refractivity contribution in [2.24, 2.45) is 11.7 Å². The molecular formula is C19H31ClN4O2. The van der Waals surface area contributed by atoms with Gasteiger partial charge in [-0.2, -0.15) is 0 Å². The number of anilines is 1. The topological polar surface area (TPSA) is 87.5 Å². The van der Waals surface area contributed by atoms with Gasteiger partial charge in [0, 0.05) is 31.4 Å².